The Kier molecular flexibility index (Phi) is 3.87. The molecule has 0 saturated carbocycles. The van der Waals surface area contributed by atoms with E-state index < -0.39 is 0 Å². The average Bonchev–Trinajstić information content (AvgIpc) is 2.86. The highest BCUT2D eigenvalue weighted by atomic mass is 32.1. The molecule has 0 saturated heterocycles. The standard InChI is InChI=1S/C16H18OS/c1-5-14-7-9-16(18-14)12(3)13-6-8-15(17-4)11(2)10-13/h6-10H,3,5H2,1-2,4H3. The number of ether oxygens (including phenoxy) is 1. The van der Waals surface area contributed by atoms with Crippen LogP contribution in [0.25, 0.3) is 5.57 Å². The van der Waals surface area contributed by atoms with Crippen LogP contribution in [0.4, 0.5) is 0 Å². The van der Waals surface area contributed by atoms with E-state index in [1.807, 2.05) is 17.4 Å². The van der Waals surface area contributed by atoms with Crippen molar-refractivity contribution in [2.24, 2.45) is 0 Å². The molecule has 1 aromatic carbocycles. The molecule has 1 nitrogen and oxygen atoms in total. The van der Waals surface area contributed by atoms with Gasteiger partial charge in [0.15, 0.2) is 0 Å². The summed E-state index contributed by atoms with van der Waals surface area (Å²) in [5.74, 6) is 0.923. The summed E-state index contributed by atoms with van der Waals surface area (Å²) in [4.78, 5) is 2.65. The van der Waals surface area contributed by atoms with Crippen molar-refractivity contribution in [3.05, 3.63) is 57.8 Å². The van der Waals surface area contributed by atoms with Crippen molar-refractivity contribution in [1.29, 1.82) is 0 Å². The summed E-state index contributed by atoms with van der Waals surface area (Å²) in [6.45, 7) is 8.44. The van der Waals surface area contributed by atoms with Crippen molar-refractivity contribution < 1.29 is 4.74 Å². The fourth-order valence-corrected chi connectivity index (χ4v) is 2.88. The third-order valence-corrected chi connectivity index (χ3v) is 4.34. The Morgan fingerprint density at radius 1 is 1.28 bits per heavy atom. The first kappa shape index (κ1) is 12.9. The zero-order valence-electron chi connectivity index (χ0n) is 11.1. The lowest BCUT2D eigenvalue weighted by molar-refractivity contribution is 0.411. The highest BCUT2D eigenvalue weighted by Crippen LogP contribution is 2.30. The normalized spacial score (nSPS) is 10.4. The third kappa shape index (κ3) is 2.49. The Balaban J connectivity index is 2.31. The Hall–Kier alpha value is -1.54. The van der Waals surface area contributed by atoms with Gasteiger partial charge < -0.3 is 4.74 Å². The second kappa shape index (κ2) is 5.40. The maximum absolute atomic E-state index is 5.28. The van der Waals surface area contributed by atoms with Crippen LogP contribution >= 0.6 is 11.3 Å². The predicted octanol–water partition coefficient (Wildman–Crippen LogP) is 4.69. The highest BCUT2D eigenvalue weighted by molar-refractivity contribution is 7.13. The molecule has 1 heterocycles. The minimum absolute atomic E-state index is 0.923. The molecule has 0 atom stereocenters. The maximum Gasteiger partial charge on any atom is 0.121 e. The summed E-state index contributed by atoms with van der Waals surface area (Å²) in [5.41, 5.74) is 3.40. The number of benzene rings is 1. The lowest BCUT2D eigenvalue weighted by atomic mass is 10.0. The topological polar surface area (TPSA) is 9.23 Å². The first-order valence-electron chi connectivity index (χ1n) is 6.08. The van der Waals surface area contributed by atoms with Gasteiger partial charge in [-0.05, 0) is 54.3 Å². The molecular weight excluding hydrogens is 240 g/mol. The van der Waals surface area contributed by atoms with E-state index in [-0.39, 0.29) is 0 Å². The molecule has 94 valence electrons. The van der Waals surface area contributed by atoms with Gasteiger partial charge in [0, 0.05) is 9.75 Å². The van der Waals surface area contributed by atoms with Crippen LogP contribution in [0, 0.1) is 6.92 Å². The summed E-state index contributed by atoms with van der Waals surface area (Å²) >= 11 is 1.82. The largest absolute Gasteiger partial charge is 0.496 e. The molecule has 0 radical (unpaired) electrons. The smallest absolute Gasteiger partial charge is 0.121 e. The number of aryl methyl sites for hydroxylation is 2. The monoisotopic (exact) mass is 258 g/mol. The van der Waals surface area contributed by atoms with Crippen LogP contribution in [0.3, 0.4) is 0 Å². The van der Waals surface area contributed by atoms with Gasteiger partial charge in [0.05, 0.1) is 7.11 Å². The molecule has 18 heavy (non-hydrogen) atoms. The van der Waals surface area contributed by atoms with E-state index in [4.69, 9.17) is 4.74 Å². The predicted molar refractivity (Wildman–Crippen MR) is 79.6 cm³/mol. The van der Waals surface area contributed by atoms with E-state index in [9.17, 15) is 0 Å². The lowest BCUT2D eigenvalue weighted by Crippen LogP contribution is -1.89. The summed E-state index contributed by atoms with van der Waals surface area (Å²) in [5, 5.41) is 0. The van der Waals surface area contributed by atoms with Gasteiger partial charge in [0.1, 0.15) is 5.75 Å². The molecular formula is C16H18OS. The van der Waals surface area contributed by atoms with Gasteiger partial charge in [-0.3, -0.25) is 0 Å². The number of methoxy groups -OCH3 is 1. The molecule has 0 N–H and O–H groups in total. The van der Waals surface area contributed by atoms with E-state index in [2.05, 4.69) is 44.7 Å². The van der Waals surface area contributed by atoms with Gasteiger partial charge in [0.25, 0.3) is 0 Å². The van der Waals surface area contributed by atoms with Crippen LogP contribution in [0.5, 0.6) is 5.75 Å². The van der Waals surface area contributed by atoms with E-state index in [1.165, 1.54) is 9.75 Å². The molecule has 0 bridgehead atoms. The zero-order valence-corrected chi connectivity index (χ0v) is 11.9. The number of thiophene rings is 1. The molecule has 2 heteroatoms. The SMILES string of the molecule is C=C(c1ccc(OC)c(C)c1)c1ccc(CC)s1. The van der Waals surface area contributed by atoms with E-state index in [1.54, 1.807) is 7.11 Å². The second-order valence-corrected chi connectivity index (χ2v) is 5.45. The quantitative estimate of drug-likeness (QED) is 0.773. The number of hydrogen-bond acceptors (Lipinski definition) is 2. The van der Waals surface area contributed by atoms with Crippen molar-refractivity contribution >= 4 is 16.9 Å². The molecule has 2 rings (SSSR count). The summed E-state index contributed by atoms with van der Waals surface area (Å²) < 4.78 is 5.28. The number of rotatable bonds is 4. The summed E-state index contributed by atoms with van der Waals surface area (Å²) in [7, 11) is 1.70. The maximum atomic E-state index is 5.28. The Labute approximate surface area is 113 Å². The van der Waals surface area contributed by atoms with Gasteiger partial charge in [0.2, 0.25) is 0 Å². The molecule has 0 aliphatic rings. The minimum Gasteiger partial charge on any atom is -0.496 e. The Morgan fingerprint density at radius 2 is 2.06 bits per heavy atom. The van der Waals surface area contributed by atoms with Gasteiger partial charge in [-0.1, -0.05) is 19.6 Å². The van der Waals surface area contributed by atoms with E-state index in [0.717, 1.165) is 28.9 Å². The molecule has 2 aromatic rings. The van der Waals surface area contributed by atoms with Crippen molar-refractivity contribution in [2.75, 3.05) is 7.11 Å². The molecule has 0 aliphatic carbocycles. The molecule has 0 spiro atoms. The van der Waals surface area contributed by atoms with Crippen molar-refractivity contribution in [3.8, 4) is 5.75 Å². The van der Waals surface area contributed by atoms with Gasteiger partial charge in [-0.25, -0.2) is 0 Å². The van der Waals surface area contributed by atoms with Gasteiger partial charge in [-0.15, -0.1) is 11.3 Å². The van der Waals surface area contributed by atoms with Gasteiger partial charge in [-0.2, -0.15) is 0 Å². The van der Waals surface area contributed by atoms with E-state index >= 15 is 0 Å². The highest BCUT2D eigenvalue weighted by Gasteiger charge is 2.07. The zero-order chi connectivity index (χ0) is 13.1. The van der Waals surface area contributed by atoms with Crippen LogP contribution in [-0.4, -0.2) is 7.11 Å². The van der Waals surface area contributed by atoms with Crippen LogP contribution in [0.15, 0.2) is 36.9 Å². The van der Waals surface area contributed by atoms with Crippen molar-refractivity contribution in [3.63, 3.8) is 0 Å². The van der Waals surface area contributed by atoms with Crippen LogP contribution in [0.2, 0.25) is 0 Å². The lowest BCUT2D eigenvalue weighted by Gasteiger charge is -2.08. The fourth-order valence-electron chi connectivity index (χ4n) is 1.94. The average molecular weight is 258 g/mol. The van der Waals surface area contributed by atoms with Crippen LogP contribution in [-0.2, 0) is 6.42 Å². The second-order valence-electron chi connectivity index (χ2n) is 4.28. The third-order valence-electron chi connectivity index (χ3n) is 3.05. The summed E-state index contributed by atoms with van der Waals surface area (Å²) in [6.07, 6.45) is 1.08. The number of hydrogen-bond donors (Lipinski definition) is 0. The van der Waals surface area contributed by atoms with E-state index in [0.29, 0.717) is 0 Å². The molecule has 0 fully saturated rings. The van der Waals surface area contributed by atoms with Crippen molar-refractivity contribution in [1.82, 2.24) is 0 Å². The van der Waals surface area contributed by atoms with Crippen molar-refractivity contribution in [2.45, 2.75) is 20.3 Å². The molecule has 0 amide bonds. The van der Waals surface area contributed by atoms with Crippen LogP contribution in [0.1, 0.15) is 27.8 Å². The Morgan fingerprint density at radius 3 is 2.61 bits per heavy atom. The first-order valence-corrected chi connectivity index (χ1v) is 6.90. The fraction of sp³-hybridized carbons (Fsp3) is 0.250. The van der Waals surface area contributed by atoms with Gasteiger partial charge >= 0.3 is 0 Å². The summed E-state index contributed by atoms with van der Waals surface area (Å²) in [6, 6.07) is 10.5. The molecule has 1 aromatic heterocycles. The molecule has 0 unspecified atom stereocenters. The molecule has 0 aliphatic heterocycles. The van der Waals surface area contributed by atoms with Crippen LogP contribution < -0.4 is 4.74 Å². The first-order chi connectivity index (χ1) is 8.65. The Bertz CT molecular complexity index is 566. The minimum atomic E-state index is 0.923.